The van der Waals surface area contributed by atoms with E-state index in [2.05, 4.69) is 21.2 Å². The summed E-state index contributed by atoms with van der Waals surface area (Å²) in [5.41, 5.74) is 1.22. The number of anilines is 1. The molecule has 0 bridgehead atoms. The summed E-state index contributed by atoms with van der Waals surface area (Å²) >= 11 is 3.33. The van der Waals surface area contributed by atoms with E-state index >= 15 is 0 Å². The highest BCUT2D eigenvalue weighted by molar-refractivity contribution is 9.10. The number of aryl methyl sites for hydroxylation is 1. The van der Waals surface area contributed by atoms with Crippen molar-refractivity contribution in [3.8, 4) is 0 Å². The van der Waals surface area contributed by atoms with Crippen LogP contribution in [0.4, 0.5) is 10.1 Å². The highest BCUT2D eigenvalue weighted by Gasteiger charge is 2.38. The first kappa shape index (κ1) is 16.3. The second kappa shape index (κ2) is 6.16. The Balaban J connectivity index is 1.77. The van der Waals surface area contributed by atoms with Crippen molar-refractivity contribution in [3.05, 3.63) is 63.4 Å². The van der Waals surface area contributed by atoms with Crippen LogP contribution < -0.4 is 5.32 Å². The van der Waals surface area contributed by atoms with Crippen molar-refractivity contribution in [1.29, 1.82) is 0 Å². The summed E-state index contributed by atoms with van der Waals surface area (Å²) in [4.78, 5) is 37.3. The van der Waals surface area contributed by atoms with Crippen LogP contribution >= 0.6 is 15.9 Å². The number of fused-ring (bicyclic) bond motifs is 1. The first-order chi connectivity index (χ1) is 11.4. The summed E-state index contributed by atoms with van der Waals surface area (Å²) in [5.74, 6) is -2.79. The molecule has 0 atom stereocenters. The van der Waals surface area contributed by atoms with Crippen LogP contribution in [0.5, 0.6) is 0 Å². The molecule has 24 heavy (non-hydrogen) atoms. The number of benzene rings is 2. The Kier molecular flexibility index (Phi) is 4.19. The smallest absolute Gasteiger partial charge is 0.265 e. The van der Waals surface area contributed by atoms with Gasteiger partial charge in [-0.05, 0) is 52.7 Å². The quantitative estimate of drug-likeness (QED) is 0.818. The summed E-state index contributed by atoms with van der Waals surface area (Å²) < 4.78 is 14.4. The lowest BCUT2D eigenvalue weighted by Crippen LogP contribution is -2.37. The molecule has 1 aliphatic rings. The van der Waals surface area contributed by atoms with Crippen molar-refractivity contribution in [2.24, 2.45) is 0 Å². The van der Waals surface area contributed by atoms with Crippen LogP contribution in [-0.4, -0.2) is 29.2 Å². The van der Waals surface area contributed by atoms with Gasteiger partial charge in [0.15, 0.2) is 0 Å². The molecule has 1 aliphatic heterocycles. The van der Waals surface area contributed by atoms with Crippen molar-refractivity contribution in [3.63, 3.8) is 0 Å². The van der Waals surface area contributed by atoms with Crippen LogP contribution in [0.2, 0.25) is 0 Å². The first-order valence-corrected chi connectivity index (χ1v) is 7.88. The first-order valence-electron chi connectivity index (χ1n) is 7.09. The summed E-state index contributed by atoms with van der Waals surface area (Å²) in [7, 11) is 0. The van der Waals surface area contributed by atoms with Gasteiger partial charge in [0.25, 0.3) is 11.8 Å². The summed E-state index contributed by atoms with van der Waals surface area (Å²) in [5, 5.41) is 2.62. The molecular weight excluding hydrogens is 379 g/mol. The van der Waals surface area contributed by atoms with E-state index in [0.29, 0.717) is 10.2 Å². The normalized spacial score (nSPS) is 13.2. The van der Waals surface area contributed by atoms with Gasteiger partial charge in [-0.25, -0.2) is 4.39 Å². The molecule has 0 saturated carbocycles. The van der Waals surface area contributed by atoms with Gasteiger partial charge in [0.2, 0.25) is 5.91 Å². The van der Waals surface area contributed by atoms with E-state index in [9.17, 15) is 18.8 Å². The molecule has 1 N–H and O–H groups in total. The zero-order valence-electron chi connectivity index (χ0n) is 12.6. The zero-order valence-corrected chi connectivity index (χ0v) is 14.2. The van der Waals surface area contributed by atoms with Crippen molar-refractivity contribution in [1.82, 2.24) is 4.90 Å². The maximum absolute atomic E-state index is 13.8. The largest absolute Gasteiger partial charge is 0.324 e. The molecule has 3 rings (SSSR count). The Hall–Kier alpha value is -2.54. The summed E-state index contributed by atoms with van der Waals surface area (Å²) in [6.45, 7) is 1.43. The van der Waals surface area contributed by atoms with Crippen LogP contribution in [0, 0.1) is 12.7 Å². The molecule has 0 saturated heterocycles. The maximum Gasteiger partial charge on any atom is 0.265 e. The molecule has 7 heteroatoms. The van der Waals surface area contributed by atoms with Gasteiger partial charge in [0, 0.05) is 4.47 Å². The third kappa shape index (κ3) is 2.82. The monoisotopic (exact) mass is 390 g/mol. The number of hydrogen-bond acceptors (Lipinski definition) is 3. The Morgan fingerprint density at radius 3 is 2.62 bits per heavy atom. The van der Waals surface area contributed by atoms with Crippen molar-refractivity contribution >= 4 is 39.3 Å². The lowest BCUT2D eigenvalue weighted by atomic mass is 10.1. The minimum atomic E-state index is -0.800. The number of carbonyl (C=O) groups is 3. The van der Waals surface area contributed by atoms with Gasteiger partial charge in [0.1, 0.15) is 12.4 Å². The number of imide groups is 1. The van der Waals surface area contributed by atoms with Gasteiger partial charge < -0.3 is 5.32 Å². The molecule has 0 radical (unpaired) electrons. The van der Waals surface area contributed by atoms with Gasteiger partial charge in [-0.2, -0.15) is 0 Å². The van der Waals surface area contributed by atoms with E-state index in [1.165, 1.54) is 12.1 Å². The Morgan fingerprint density at radius 1 is 1.21 bits per heavy atom. The van der Waals surface area contributed by atoms with Gasteiger partial charge in [-0.15, -0.1) is 0 Å². The molecule has 0 aliphatic carbocycles. The Bertz CT molecular complexity index is 882. The standard InChI is InChI=1S/C17H12BrFN2O3/c1-9-5-6-13(11(18)7-9)20-14(22)8-21-16(23)10-3-2-4-12(19)15(10)17(21)24/h2-7H,8H2,1H3,(H,20,22). The predicted molar refractivity (Wildman–Crippen MR) is 89.3 cm³/mol. The molecule has 0 unspecified atom stereocenters. The van der Waals surface area contributed by atoms with Crippen LogP contribution in [0.3, 0.4) is 0 Å². The average molecular weight is 391 g/mol. The molecule has 0 aromatic heterocycles. The lowest BCUT2D eigenvalue weighted by Gasteiger charge is -2.14. The number of rotatable bonds is 3. The van der Waals surface area contributed by atoms with Crippen LogP contribution in [-0.2, 0) is 4.79 Å². The third-order valence-corrected chi connectivity index (χ3v) is 4.30. The fourth-order valence-electron chi connectivity index (χ4n) is 2.49. The minimum absolute atomic E-state index is 0.0238. The molecule has 0 spiro atoms. The fourth-order valence-corrected chi connectivity index (χ4v) is 3.08. The third-order valence-electron chi connectivity index (χ3n) is 3.65. The second-order valence-corrected chi connectivity index (χ2v) is 6.24. The number of nitrogens with one attached hydrogen (secondary N) is 1. The number of halogens is 2. The highest BCUT2D eigenvalue weighted by Crippen LogP contribution is 2.26. The topological polar surface area (TPSA) is 66.5 Å². The van der Waals surface area contributed by atoms with Crippen molar-refractivity contribution < 1.29 is 18.8 Å². The SMILES string of the molecule is Cc1ccc(NC(=O)CN2C(=O)c3cccc(F)c3C2=O)c(Br)c1. The van der Waals surface area contributed by atoms with Crippen molar-refractivity contribution in [2.75, 3.05) is 11.9 Å². The van der Waals surface area contributed by atoms with Gasteiger partial charge >= 0.3 is 0 Å². The van der Waals surface area contributed by atoms with Gasteiger partial charge in [0.05, 0.1) is 16.8 Å². The summed E-state index contributed by atoms with van der Waals surface area (Å²) in [6.07, 6.45) is 0. The molecule has 0 fully saturated rings. The predicted octanol–water partition coefficient (Wildman–Crippen LogP) is 3.13. The van der Waals surface area contributed by atoms with Gasteiger partial charge in [-0.1, -0.05) is 12.1 Å². The fraction of sp³-hybridized carbons (Fsp3) is 0.118. The van der Waals surface area contributed by atoms with E-state index in [1.807, 2.05) is 19.1 Å². The van der Waals surface area contributed by atoms with E-state index in [-0.39, 0.29) is 11.1 Å². The highest BCUT2D eigenvalue weighted by atomic mass is 79.9. The average Bonchev–Trinajstić information content (AvgIpc) is 2.76. The second-order valence-electron chi connectivity index (χ2n) is 5.39. The number of hydrogen-bond donors (Lipinski definition) is 1. The molecule has 122 valence electrons. The molecule has 5 nitrogen and oxygen atoms in total. The molecular formula is C17H12BrFN2O3. The lowest BCUT2D eigenvalue weighted by molar-refractivity contribution is -0.116. The molecule has 2 aromatic carbocycles. The van der Waals surface area contributed by atoms with Crippen LogP contribution in [0.15, 0.2) is 40.9 Å². The molecule has 3 amide bonds. The number of amides is 3. The Labute approximate surface area is 145 Å². The van der Waals surface area contributed by atoms with E-state index in [0.717, 1.165) is 16.5 Å². The number of carbonyl (C=O) groups excluding carboxylic acids is 3. The number of nitrogens with zero attached hydrogens (tertiary/aromatic N) is 1. The van der Waals surface area contributed by atoms with Crippen molar-refractivity contribution in [2.45, 2.75) is 6.92 Å². The van der Waals surface area contributed by atoms with E-state index in [4.69, 9.17) is 0 Å². The Morgan fingerprint density at radius 2 is 1.96 bits per heavy atom. The maximum atomic E-state index is 13.8. The molecule has 1 heterocycles. The van der Waals surface area contributed by atoms with E-state index in [1.54, 1.807) is 6.07 Å². The van der Waals surface area contributed by atoms with Gasteiger partial charge in [-0.3, -0.25) is 19.3 Å². The minimum Gasteiger partial charge on any atom is -0.324 e. The van der Waals surface area contributed by atoms with Crippen LogP contribution in [0.25, 0.3) is 0 Å². The summed E-state index contributed by atoms with van der Waals surface area (Å²) in [6, 6.07) is 9.18. The zero-order chi connectivity index (χ0) is 17.4. The van der Waals surface area contributed by atoms with Crippen LogP contribution in [0.1, 0.15) is 26.3 Å². The van der Waals surface area contributed by atoms with E-state index < -0.39 is 30.1 Å². The molecule has 2 aromatic rings.